The zero-order valence-corrected chi connectivity index (χ0v) is 31.9. The largest absolute Gasteiger partial charge is 0.479 e. The van der Waals surface area contributed by atoms with Crippen LogP contribution in [-0.4, -0.2) is 11.6 Å². The van der Waals surface area contributed by atoms with Crippen LogP contribution in [0.5, 0.6) is 5.75 Å². The fourth-order valence-electron chi connectivity index (χ4n) is 8.42. The first-order valence-corrected chi connectivity index (χ1v) is 20.7. The van der Waals surface area contributed by atoms with Crippen LogP contribution < -0.4 is 4.74 Å². The second kappa shape index (κ2) is 12.4. The number of carbonyl (C=O) groups is 2. The lowest BCUT2D eigenvalue weighted by molar-refractivity contribution is 0.0282. The van der Waals surface area contributed by atoms with E-state index < -0.39 is 5.60 Å². The maximum Gasteiger partial charge on any atom is 0.270 e. The van der Waals surface area contributed by atoms with Crippen molar-refractivity contribution in [1.82, 2.24) is 0 Å². The molecule has 0 radical (unpaired) electrons. The van der Waals surface area contributed by atoms with E-state index in [0.29, 0.717) is 44.5 Å². The highest BCUT2D eigenvalue weighted by molar-refractivity contribution is 7.35. The van der Waals surface area contributed by atoms with E-state index in [4.69, 9.17) is 17.9 Å². The predicted molar refractivity (Wildman–Crippen MR) is 220 cm³/mol. The Bertz CT molecular complexity index is 3050. The average molecular weight is 783 g/mol. The molecule has 0 bridgehead atoms. The van der Waals surface area contributed by atoms with Gasteiger partial charge < -0.3 is 4.74 Å². The Hall–Kier alpha value is -6.18. The summed E-state index contributed by atoms with van der Waals surface area (Å²) in [6, 6.07) is 22.5. The molecule has 0 N–H and O–H groups in total. The number of hydrogen-bond acceptors (Lipinski definition) is 9. The number of ether oxygens (including phenoxy) is 1. The molecule has 11 heteroatoms. The van der Waals surface area contributed by atoms with Gasteiger partial charge >= 0.3 is 0 Å². The number of rotatable bonds is 2. The molecule has 4 aliphatic rings. The number of nitrogens with zero attached hydrogens (tertiary/aromatic N) is 4. The number of Topliss-reactive ketones (excluding diaryl/α,β-unsaturated/α-hetero) is 2. The van der Waals surface area contributed by atoms with E-state index in [1.165, 1.54) is 10.4 Å². The van der Waals surface area contributed by atoms with Gasteiger partial charge in [-0.05, 0) is 61.1 Å². The number of hydrogen-bond donors (Lipinski definition) is 0. The molecule has 6 aromatic rings. The predicted octanol–water partition coefficient (Wildman–Crippen LogP) is 12.3. The van der Waals surface area contributed by atoms with Crippen molar-refractivity contribution in [2.75, 3.05) is 0 Å². The highest BCUT2D eigenvalue weighted by Gasteiger charge is 2.46. The maximum atomic E-state index is 13.7. The number of thiophene rings is 4. The number of nitriles is 2. The molecule has 0 saturated heterocycles. The lowest BCUT2D eigenvalue weighted by Crippen LogP contribution is -2.37. The van der Waals surface area contributed by atoms with Gasteiger partial charge in [0.25, 0.3) is 11.4 Å². The zero-order valence-electron chi connectivity index (χ0n) is 28.6. The van der Waals surface area contributed by atoms with Crippen LogP contribution >= 0.6 is 45.3 Å². The Kier molecular flexibility index (Phi) is 7.55. The van der Waals surface area contributed by atoms with Crippen molar-refractivity contribution in [3.8, 4) is 27.6 Å². The Balaban J connectivity index is 1.10. The molecule has 1 aliphatic heterocycles. The van der Waals surface area contributed by atoms with Crippen molar-refractivity contribution in [2.24, 2.45) is 0 Å². The Labute approximate surface area is 330 Å². The Morgan fingerprint density at radius 1 is 0.691 bits per heavy atom. The highest BCUT2D eigenvalue weighted by Crippen LogP contribution is 2.63. The summed E-state index contributed by atoms with van der Waals surface area (Å²) in [7, 11) is 0. The SMILES string of the molecule is [C-]#[N+]C(C#N)=C1/C(=C/c2cc3sc4c(c3s2)OC2(CCCCC2)c2c-4sc3cc(/C=C4\C(=O)c5ccccc5\C4=C(\C#N)[N+]#[C-])sc23)C(=O)c2ccccc21. The standard InChI is InChI=1S/C44H22N4O3S4/c1-47-30(20-45)34-24-10-4-6-12-26(24)37(49)28(34)16-22-18-32-40(52-22)36-42(54-32)43-39(51-44(36)14-8-3-9-15-44)41-33(55-43)19-23(53-41)17-29-35(31(21-46)48-2)25-11-5-7-13-27(25)38(29)50/h4-7,10-13,16-19H,3,8-9,14-15H2/b28-16-,29-17-,34-30+,35-31?. The van der Waals surface area contributed by atoms with E-state index >= 15 is 0 Å². The minimum Gasteiger partial charge on any atom is -0.479 e. The van der Waals surface area contributed by atoms with Crippen molar-refractivity contribution >= 4 is 99.0 Å². The molecule has 0 atom stereocenters. The summed E-state index contributed by atoms with van der Waals surface area (Å²) in [4.78, 5) is 38.3. The summed E-state index contributed by atoms with van der Waals surface area (Å²) in [5, 5.41) is 19.6. The molecule has 7 nitrogen and oxygen atoms in total. The molecule has 5 heterocycles. The highest BCUT2D eigenvalue weighted by atomic mass is 32.1. The van der Waals surface area contributed by atoms with Crippen molar-refractivity contribution in [1.29, 1.82) is 10.5 Å². The molecule has 1 saturated carbocycles. The molecule has 55 heavy (non-hydrogen) atoms. The van der Waals surface area contributed by atoms with E-state index in [2.05, 4.69) is 21.8 Å². The topological polar surface area (TPSA) is 99.7 Å². The first-order chi connectivity index (χ1) is 26.9. The van der Waals surface area contributed by atoms with Gasteiger partial charge in [0, 0.05) is 53.4 Å². The second-order valence-electron chi connectivity index (χ2n) is 13.7. The minimum absolute atomic E-state index is 0.0912. The van der Waals surface area contributed by atoms with Crippen molar-refractivity contribution in [3.05, 3.63) is 144 Å². The summed E-state index contributed by atoms with van der Waals surface area (Å²) >= 11 is 6.60. The van der Waals surface area contributed by atoms with E-state index in [1.807, 2.05) is 36.4 Å². The van der Waals surface area contributed by atoms with Crippen LogP contribution in [0.15, 0.2) is 83.2 Å². The van der Waals surface area contributed by atoms with Gasteiger partial charge in [-0.3, -0.25) is 9.59 Å². The van der Waals surface area contributed by atoms with Crippen molar-refractivity contribution in [2.45, 2.75) is 37.7 Å². The number of fused-ring (bicyclic) bond motifs is 10. The quantitative estimate of drug-likeness (QED) is 0.0989. The summed E-state index contributed by atoms with van der Waals surface area (Å²) in [6.45, 7) is 15.3. The lowest BCUT2D eigenvalue weighted by Gasteiger charge is -2.40. The van der Waals surface area contributed by atoms with Gasteiger partial charge in [0.05, 0.1) is 49.1 Å². The fourth-order valence-corrected chi connectivity index (χ4v) is 13.8. The number of allylic oxidation sites excluding steroid dienone is 6. The van der Waals surface area contributed by atoms with Crippen LogP contribution in [0, 0.1) is 35.8 Å². The number of ketones is 2. The van der Waals surface area contributed by atoms with Crippen molar-refractivity contribution < 1.29 is 14.3 Å². The van der Waals surface area contributed by atoms with Gasteiger partial charge in [-0.1, -0.05) is 55.0 Å². The van der Waals surface area contributed by atoms with Crippen LogP contribution in [0.4, 0.5) is 0 Å². The number of benzene rings is 2. The smallest absolute Gasteiger partial charge is 0.270 e. The van der Waals surface area contributed by atoms with Crippen LogP contribution in [0.1, 0.15) is 79.3 Å². The summed E-state index contributed by atoms with van der Waals surface area (Å²) in [5.41, 5.74) is 4.26. The molecular formula is C44H22N4O3S4. The van der Waals surface area contributed by atoms with Gasteiger partial charge in [-0.2, -0.15) is 0 Å². The first kappa shape index (κ1) is 33.4. The molecule has 0 unspecified atom stereocenters. The third-order valence-electron chi connectivity index (χ3n) is 10.7. The zero-order chi connectivity index (χ0) is 37.6. The maximum absolute atomic E-state index is 13.7. The summed E-state index contributed by atoms with van der Waals surface area (Å²) in [6.07, 6.45) is 8.64. The first-order valence-electron chi connectivity index (χ1n) is 17.5. The normalized spacial score (nSPS) is 19.7. The molecule has 260 valence electrons. The van der Waals surface area contributed by atoms with Crippen LogP contribution in [0.3, 0.4) is 0 Å². The van der Waals surface area contributed by atoms with Gasteiger partial charge in [0.2, 0.25) is 0 Å². The van der Waals surface area contributed by atoms with E-state index in [-0.39, 0.29) is 23.0 Å². The second-order valence-corrected chi connectivity index (χ2v) is 17.9. The Morgan fingerprint density at radius 2 is 1.18 bits per heavy atom. The molecular weight excluding hydrogens is 761 g/mol. The molecule has 2 aromatic carbocycles. The van der Waals surface area contributed by atoms with E-state index in [0.717, 1.165) is 71.3 Å². The van der Waals surface area contributed by atoms with Gasteiger partial charge in [0.15, 0.2) is 17.3 Å². The lowest BCUT2D eigenvalue weighted by atomic mass is 9.78. The summed E-state index contributed by atoms with van der Waals surface area (Å²) in [5.74, 6) is 0.503. The molecule has 10 rings (SSSR count). The van der Waals surface area contributed by atoms with E-state index in [1.54, 1.807) is 81.7 Å². The minimum atomic E-state index is -0.510. The van der Waals surface area contributed by atoms with Gasteiger partial charge in [-0.25, -0.2) is 20.2 Å². The van der Waals surface area contributed by atoms with Gasteiger partial charge in [0.1, 0.15) is 5.60 Å². The summed E-state index contributed by atoms with van der Waals surface area (Å²) < 4.78 is 11.6. The molecule has 1 fully saturated rings. The van der Waals surface area contributed by atoms with Crippen LogP contribution in [-0.2, 0) is 5.60 Å². The monoisotopic (exact) mass is 782 g/mol. The Morgan fingerprint density at radius 3 is 1.71 bits per heavy atom. The fraction of sp³-hybridized carbons (Fsp3) is 0.136. The number of carbonyl (C=O) groups excluding carboxylic acids is 2. The molecule has 1 spiro atoms. The molecule has 0 amide bonds. The third kappa shape index (κ3) is 4.79. The average Bonchev–Trinajstić information content (AvgIpc) is 4.04. The third-order valence-corrected chi connectivity index (χ3v) is 15.6. The van der Waals surface area contributed by atoms with Crippen molar-refractivity contribution in [3.63, 3.8) is 0 Å². The molecule has 3 aliphatic carbocycles. The van der Waals surface area contributed by atoms with Crippen LogP contribution in [0.2, 0.25) is 0 Å². The van der Waals surface area contributed by atoms with Gasteiger partial charge in [-0.15, -0.1) is 45.3 Å². The van der Waals surface area contributed by atoms with Crippen LogP contribution in [0.25, 0.3) is 61.5 Å². The molecule has 4 aromatic heterocycles. The van der Waals surface area contributed by atoms with E-state index in [9.17, 15) is 20.1 Å².